The van der Waals surface area contributed by atoms with E-state index < -0.39 is 0 Å². The first-order valence-corrected chi connectivity index (χ1v) is 14.5. The van der Waals surface area contributed by atoms with Crippen LogP contribution in [-0.2, 0) is 0 Å². The lowest BCUT2D eigenvalue weighted by molar-refractivity contribution is 0.482. The molecule has 7 heteroatoms. The SMILES string of the molecule is CC1=CC(C)(C)N(C)c2cc(Cl)c([C@H]3[C@H](c4ccccn4)NC(=S)N3c3ccc(Oc4ccc(C)cc4)cc3)cc21. The third kappa shape index (κ3) is 5.07. The molecule has 2 aliphatic heterocycles. The highest BCUT2D eigenvalue weighted by atomic mass is 35.5. The van der Waals surface area contributed by atoms with Gasteiger partial charge in [0.2, 0.25) is 0 Å². The van der Waals surface area contributed by atoms with E-state index in [-0.39, 0.29) is 17.6 Å². The number of likely N-dealkylation sites (N-methyl/N-ethyl adjacent to an activating group) is 1. The molecule has 2 atom stereocenters. The van der Waals surface area contributed by atoms with Crippen molar-refractivity contribution in [2.24, 2.45) is 0 Å². The van der Waals surface area contributed by atoms with E-state index in [1.54, 1.807) is 0 Å². The van der Waals surface area contributed by atoms with Crippen molar-refractivity contribution in [1.82, 2.24) is 10.3 Å². The number of aryl methyl sites for hydroxylation is 1. The van der Waals surface area contributed by atoms with Gasteiger partial charge in [-0.3, -0.25) is 4.98 Å². The van der Waals surface area contributed by atoms with Crippen LogP contribution in [-0.4, -0.2) is 22.7 Å². The Morgan fingerprint density at radius 3 is 2.29 bits per heavy atom. The van der Waals surface area contributed by atoms with Crippen molar-refractivity contribution in [2.45, 2.75) is 45.3 Å². The number of benzene rings is 3. The highest BCUT2D eigenvalue weighted by Crippen LogP contribution is 2.48. The number of pyridine rings is 1. The van der Waals surface area contributed by atoms with Crippen molar-refractivity contribution < 1.29 is 4.74 Å². The number of allylic oxidation sites excluding steroid dienone is 1. The molecule has 4 aromatic rings. The van der Waals surface area contributed by atoms with Gasteiger partial charge in [0.25, 0.3) is 0 Å². The number of thiocarbonyl (C=S) groups is 1. The van der Waals surface area contributed by atoms with Gasteiger partial charge in [-0.15, -0.1) is 0 Å². The maximum atomic E-state index is 7.14. The Bertz CT molecular complexity index is 1630. The van der Waals surface area contributed by atoms with Crippen molar-refractivity contribution in [3.05, 3.63) is 119 Å². The molecule has 41 heavy (non-hydrogen) atoms. The molecular weight excluding hydrogens is 548 g/mol. The normalized spacial score (nSPS) is 19.5. The number of ether oxygens (including phenoxy) is 1. The number of hydrogen-bond acceptors (Lipinski definition) is 4. The Hall–Kier alpha value is -3.87. The van der Waals surface area contributed by atoms with Crippen LogP contribution in [0.15, 0.2) is 91.1 Å². The van der Waals surface area contributed by atoms with Gasteiger partial charge in [-0.05, 0) is 112 Å². The van der Waals surface area contributed by atoms with Crippen LogP contribution in [0.3, 0.4) is 0 Å². The maximum Gasteiger partial charge on any atom is 0.174 e. The fraction of sp³-hybridized carbons (Fsp3) is 0.235. The molecule has 0 aliphatic carbocycles. The lowest BCUT2D eigenvalue weighted by Crippen LogP contribution is -2.42. The van der Waals surface area contributed by atoms with E-state index in [0.717, 1.165) is 34.1 Å². The van der Waals surface area contributed by atoms with E-state index in [1.807, 2.05) is 72.9 Å². The van der Waals surface area contributed by atoms with E-state index in [2.05, 4.69) is 68.1 Å². The third-order valence-electron chi connectivity index (χ3n) is 8.12. The average molecular weight is 581 g/mol. The van der Waals surface area contributed by atoms with E-state index in [0.29, 0.717) is 10.1 Å². The predicted octanol–water partition coefficient (Wildman–Crippen LogP) is 8.64. The molecule has 1 fully saturated rings. The first kappa shape index (κ1) is 27.3. The molecule has 0 unspecified atom stereocenters. The van der Waals surface area contributed by atoms with Gasteiger partial charge < -0.3 is 19.9 Å². The predicted molar refractivity (Wildman–Crippen MR) is 173 cm³/mol. The largest absolute Gasteiger partial charge is 0.457 e. The van der Waals surface area contributed by atoms with Gasteiger partial charge in [0, 0.05) is 35.2 Å². The van der Waals surface area contributed by atoms with Gasteiger partial charge in [0.15, 0.2) is 5.11 Å². The zero-order valence-corrected chi connectivity index (χ0v) is 25.4. The smallest absolute Gasteiger partial charge is 0.174 e. The molecule has 6 rings (SSSR count). The number of aromatic nitrogens is 1. The molecule has 0 radical (unpaired) electrons. The zero-order valence-electron chi connectivity index (χ0n) is 23.9. The number of nitrogens with one attached hydrogen (secondary N) is 1. The molecular formula is C34H33ClN4OS. The van der Waals surface area contributed by atoms with E-state index in [1.165, 1.54) is 16.7 Å². The highest BCUT2D eigenvalue weighted by molar-refractivity contribution is 7.80. The van der Waals surface area contributed by atoms with Crippen LogP contribution in [0.25, 0.3) is 5.57 Å². The average Bonchev–Trinajstić information content (AvgIpc) is 3.30. The van der Waals surface area contributed by atoms with Crippen molar-refractivity contribution in [2.75, 3.05) is 16.8 Å². The monoisotopic (exact) mass is 580 g/mol. The van der Waals surface area contributed by atoms with Crippen molar-refractivity contribution >= 4 is 45.9 Å². The number of fused-ring (bicyclic) bond motifs is 1. The van der Waals surface area contributed by atoms with Crippen LogP contribution in [0.4, 0.5) is 11.4 Å². The second kappa shape index (κ2) is 10.5. The Morgan fingerprint density at radius 2 is 1.63 bits per heavy atom. The maximum absolute atomic E-state index is 7.14. The summed E-state index contributed by atoms with van der Waals surface area (Å²) in [7, 11) is 2.12. The van der Waals surface area contributed by atoms with Crippen LogP contribution in [0.2, 0.25) is 5.02 Å². The van der Waals surface area contributed by atoms with Gasteiger partial charge in [0.05, 0.1) is 23.3 Å². The Balaban J connectivity index is 1.42. The van der Waals surface area contributed by atoms with Gasteiger partial charge in [-0.25, -0.2) is 0 Å². The minimum atomic E-state index is -0.216. The zero-order chi connectivity index (χ0) is 28.9. The summed E-state index contributed by atoms with van der Waals surface area (Å²) < 4.78 is 6.09. The van der Waals surface area contributed by atoms with Gasteiger partial charge >= 0.3 is 0 Å². The molecule has 208 valence electrons. The standard InChI is InChI=1S/C34H33ClN4OS/c1-21-9-13-24(14-10-21)40-25-15-11-23(12-16-25)39-32(31(37-33(39)41)29-8-6-7-17-36-29)27-18-26-22(2)20-34(3,4)38(5)30(26)19-28(27)35/h6-20,31-32H,1-5H3,(H,37,41)/t31-,32-/m0/s1. The van der Waals surface area contributed by atoms with Crippen LogP contribution < -0.4 is 19.9 Å². The van der Waals surface area contributed by atoms with E-state index >= 15 is 0 Å². The first-order chi connectivity index (χ1) is 19.6. The Kier molecular flexibility index (Phi) is 7.00. The molecule has 2 aliphatic rings. The molecule has 0 spiro atoms. The van der Waals surface area contributed by atoms with Crippen molar-refractivity contribution in [3.8, 4) is 11.5 Å². The number of nitrogens with zero attached hydrogens (tertiary/aromatic N) is 3. The fourth-order valence-electron chi connectivity index (χ4n) is 5.78. The molecule has 5 nitrogen and oxygen atoms in total. The Labute approximate surface area is 252 Å². The summed E-state index contributed by atoms with van der Waals surface area (Å²) in [6.45, 7) is 8.66. The summed E-state index contributed by atoms with van der Waals surface area (Å²) in [5, 5.41) is 4.87. The van der Waals surface area contributed by atoms with Crippen molar-refractivity contribution in [1.29, 1.82) is 0 Å². The van der Waals surface area contributed by atoms with Crippen LogP contribution >= 0.6 is 23.8 Å². The van der Waals surface area contributed by atoms with Crippen LogP contribution in [0.1, 0.15) is 55.2 Å². The van der Waals surface area contributed by atoms with Crippen LogP contribution in [0.5, 0.6) is 11.5 Å². The summed E-state index contributed by atoms with van der Waals surface area (Å²) in [6.07, 6.45) is 4.13. The third-order valence-corrected chi connectivity index (χ3v) is 8.77. The van der Waals surface area contributed by atoms with Gasteiger partial charge in [-0.1, -0.05) is 41.4 Å². The molecule has 0 amide bonds. The fourth-order valence-corrected chi connectivity index (χ4v) is 6.40. The minimum absolute atomic E-state index is 0.108. The summed E-state index contributed by atoms with van der Waals surface area (Å²) in [4.78, 5) is 9.13. The summed E-state index contributed by atoms with van der Waals surface area (Å²) in [5.41, 5.74) is 7.45. The summed E-state index contributed by atoms with van der Waals surface area (Å²) in [6, 6.07) is 25.9. The summed E-state index contributed by atoms with van der Waals surface area (Å²) in [5.74, 6) is 1.55. The molecule has 1 aromatic heterocycles. The van der Waals surface area contributed by atoms with Crippen molar-refractivity contribution in [3.63, 3.8) is 0 Å². The molecule has 1 saturated heterocycles. The van der Waals surface area contributed by atoms with Gasteiger partial charge in [-0.2, -0.15) is 0 Å². The second-order valence-electron chi connectivity index (χ2n) is 11.3. The number of hydrogen-bond donors (Lipinski definition) is 1. The second-order valence-corrected chi connectivity index (χ2v) is 12.1. The molecule has 0 saturated carbocycles. The van der Waals surface area contributed by atoms with E-state index in [4.69, 9.17) is 33.5 Å². The molecule has 3 aromatic carbocycles. The molecule has 0 bridgehead atoms. The lowest BCUT2D eigenvalue weighted by Gasteiger charge is -2.41. The number of anilines is 2. The lowest BCUT2D eigenvalue weighted by atomic mass is 9.86. The molecule has 3 heterocycles. The highest BCUT2D eigenvalue weighted by Gasteiger charge is 2.42. The number of halogens is 1. The summed E-state index contributed by atoms with van der Waals surface area (Å²) >= 11 is 13.1. The quantitative estimate of drug-likeness (QED) is 0.238. The first-order valence-electron chi connectivity index (χ1n) is 13.7. The Morgan fingerprint density at radius 1 is 0.951 bits per heavy atom. The number of rotatable bonds is 5. The van der Waals surface area contributed by atoms with Gasteiger partial charge in [0.1, 0.15) is 11.5 Å². The van der Waals surface area contributed by atoms with Crippen LogP contribution in [0, 0.1) is 6.92 Å². The van der Waals surface area contributed by atoms with E-state index in [9.17, 15) is 0 Å². The topological polar surface area (TPSA) is 40.6 Å². The minimum Gasteiger partial charge on any atom is -0.457 e. The molecule has 1 N–H and O–H groups in total.